The van der Waals surface area contributed by atoms with Gasteiger partial charge in [0.1, 0.15) is 5.82 Å². The van der Waals surface area contributed by atoms with Crippen molar-refractivity contribution in [3.05, 3.63) is 18.3 Å². The SMILES string of the molecule is CC(C)(C)CC(O)CNc1ccc(N)cn1. The maximum absolute atomic E-state index is 9.79. The Morgan fingerprint density at radius 2 is 2.12 bits per heavy atom. The lowest BCUT2D eigenvalue weighted by Crippen LogP contribution is -2.25. The van der Waals surface area contributed by atoms with E-state index < -0.39 is 0 Å². The number of nitrogens with two attached hydrogens (primary N) is 1. The topological polar surface area (TPSA) is 71.2 Å². The van der Waals surface area contributed by atoms with Gasteiger partial charge in [-0.1, -0.05) is 20.8 Å². The standard InChI is InChI=1S/C12H21N3O/c1-12(2,3)6-10(16)8-15-11-5-4-9(13)7-14-11/h4-5,7,10,16H,6,8,13H2,1-3H3,(H,14,15). The van der Waals surface area contributed by atoms with Crippen molar-refractivity contribution in [2.45, 2.75) is 33.3 Å². The predicted molar refractivity (Wildman–Crippen MR) is 67.2 cm³/mol. The molecule has 1 rings (SSSR count). The molecule has 4 nitrogen and oxygen atoms in total. The van der Waals surface area contributed by atoms with Crippen molar-refractivity contribution in [2.75, 3.05) is 17.6 Å². The Hall–Kier alpha value is -1.29. The van der Waals surface area contributed by atoms with Gasteiger partial charge in [-0.3, -0.25) is 0 Å². The summed E-state index contributed by atoms with van der Waals surface area (Å²) in [6.45, 7) is 6.83. The number of rotatable bonds is 4. The molecule has 4 heteroatoms. The summed E-state index contributed by atoms with van der Waals surface area (Å²) in [5.74, 6) is 0.738. The number of aliphatic hydroxyl groups excluding tert-OH is 1. The summed E-state index contributed by atoms with van der Waals surface area (Å²) in [4.78, 5) is 4.10. The molecule has 0 bridgehead atoms. The first kappa shape index (κ1) is 12.8. The highest BCUT2D eigenvalue weighted by molar-refractivity contribution is 5.43. The van der Waals surface area contributed by atoms with E-state index in [0.717, 1.165) is 12.2 Å². The molecule has 0 fully saturated rings. The van der Waals surface area contributed by atoms with Gasteiger partial charge in [0.05, 0.1) is 18.0 Å². The van der Waals surface area contributed by atoms with E-state index in [4.69, 9.17) is 5.73 Å². The normalized spacial score (nSPS) is 13.5. The average Bonchev–Trinajstić information content (AvgIpc) is 2.14. The first-order valence-electron chi connectivity index (χ1n) is 5.50. The lowest BCUT2D eigenvalue weighted by molar-refractivity contribution is 0.132. The minimum atomic E-state index is -0.362. The monoisotopic (exact) mass is 223 g/mol. The summed E-state index contributed by atoms with van der Waals surface area (Å²) in [7, 11) is 0. The van der Waals surface area contributed by atoms with E-state index in [1.807, 2.05) is 0 Å². The molecule has 1 aromatic rings. The Morgan fingerprint density at radius 3 is 2.62 bits per heavy atom. The molecule has 1 atom stereocenters. The molecular formula is C12H21N3O. The number of hydrogen-bond donors (Lipinski definition) is 3. The quantitative estimate of drug-likeness (QED) is 0.728. The molecule has 1 unspecified atom stereocenters. The van der Waals surface area contributed by atoms with Gasteiger partial charge < -0.3 is 16.2 Å². The number of pyridine rings is 1. The zero-order valence-corrected chi connectivity index (χ0v) is 10.2. The summed E-state index contributed by atoms with van der Waals surface area (Å²) in [5.41, 5.74) is 6.30. The van der Waals surface area contributed by atoms with Crippen molar-refractivity contribution in [3.63, 3.8) is 0 Å². The van der Waals surface area contributed by atoms with Crippen LogP contribution < -0.4 is 11.1 Å². The van der Waals surface area contributed by atoms with Gasteiger partial charge in [0.25, 0.3) is 0 Å². The molecule has 0 amide bonds. The van der Waals surface area contributed by atoms with Crippen LogP contribution in [0.2, 0.25) is 0 Å². The van der Waals surface area contributed by atoms with Gasteiger partial charge in [-0.05, 0) is 24.0 Å². The van der Waals surface area contributed by atoms with Crippen LogP contribution in [0.15, 0.2) is 18.3 Å². The van der Waals surface area contributed by atoms with Gasteiger partial charge >= 0.3 is 0 Å². The van der Waals surface area contributed by atoms with Crippen molar-refractivity contribution in [3.8, 4) is 0 Å². The van der Waals surface area contributed by atoms with Crippen LogP contribution in [0.4, 0.5) is 11.5 Å². The number of nitrogens with zero attached hydrogens (tertiary/aromatic N) is 1. The summed E-state index contributed by atoms with van der Waals surface area (Å²) in [6.07, 6.45) is 1.99. The lowest BCUT2D eigenvalue weighted by Gasteiger charge is -2.22. The van der Waals surface area contributed by atoms with E-state index >= 15 is 0 Å². The van der Waals surface area contributed by atoms with Gasteiger partial charge in [-0.15, -0.1) is 0 Å². The zero-order valence-electron chi connectivity index (χ0n) is 10.2. The first-order valence-corrected chi connectivity index (χ1v) is 5.50. The third-order valence-electron chi connectivity index (χ3n) is 2.15. The van der Waals surface area contributed by atoms with Crippen LogP contribution in [0.3, 0.4) is 0 Å². The highest BCUT2D eigenvalue weighted by Crippen LogP contribution is 2.20. The molecule has 16 heavy (non-hydrogen) atoms. The number of anilines is 2. The largest absolute Gasteiger partial charge is 0.397 e. The molecule has 0 spiro atoms. The van der Waals surface area contributed by atoms with Crippen LogP contribution in [0, 0.1) is 5.41 Å². The van der Waals surface area contributed by atoms with E-state index in [1.54, 1.807) is 18.3 Å². The molecule has 90 valence electrons. The maximum atomic E-state index is 9.79. The van der Waals surface area contributed by atoms with Gasteiger partial charge in [-0.25, -0.2) is 4.98 Å². The summed E-state index contributed by atoms with van der Waals surface area (Å²) >= 11 is 0. The van der Waals surface area contributed by atoms with Crippen LogP contribution in [0.25, 0.3) is 0 Å². The zero-order chi connectivity index (χ0) is 12.2. The molecule has 0 aromatic carbocycles. The Morgan fingerprint density at radius 1 is 1.44 bits per heavy atom. The molecule has 1 heterocycles. The van der Waals surface area contributed by atoms with E-state index in [9.17, 15) is 5.11 Å². The third kappa shape index (κ3) is 4.98. The van der Waals surface area contributed by atoms with E-state index in [2.05, 4.69) is 31.1 Å². The minimum Gasteiger partial charge on any atom is -0.397 e. The molecule has 4 N–H and O–H groups in total. The lowest BCUT2D eigenvalue weighted by atomic mass is 9.89. The molecular weight excluding hydrogens is 202 g/mol. The minimum absolute atomic E-state index is 0.135. The van der Waals surface area contributed by atoms with E-state index in [0.29, 0.717) is 12.2 Å². The summed E-state index contributed by atoms with van der Waals surface area (Å²) < 4.78 is 0. The fourth-order valence-electron chi connectivity index (χ4n) is 1.51. The molecule has 0 radical (unpaired) electrons. The number of aromatic nitrogens is 1. The Kier molecular flexibility index (Phi) is 4.12. The smallest absolute Gasteiger partial charge is 0.126 e. The molecule has 0 aliphatic rings. The number of hydrogen-bond acceptors (Lipinski definition) is 4. The number of aliphatic hydroxyl groups is 1. The van der Waals surface area contributed by atoms with Crippen molar-refractivity contribution in [2.24, 2.45) is 5.41 Å². The Bertz CT molecular complexity index is 316. The van der Waals surface area contributed by atoms with Crippen molar-refractivity contribution in [1.82, 2.24) is 4.98 Å². The molecule has 0 aliphatic carbocycles. The second kappa shape index (κ2) is 5.16. The van der Waals surface area contributed by atoms with Crippen LogP contribution >= 0.6 is 0 Å². The first-order chi connectivity index (χ1) is 7.37. The fraction of sp³-hybridized carbons (Fsp3) is 0.583. The number of nitrogens with one attached hydrogen (secondary N) is 1. The molecule has 0 aliphatic heterocycles. The second-order valence-electron chi connectivity index (χ2n) is 5.28. The fourth-order valence-corrected chi connectivity index (χ4v) is 1.51. The van der Waals surface area contributed by atoms with Crippen molar-refractivity contribution in [1.29, 1.82) is 0 Å². The van der Waals surface area contributed by atoms with Gasteiger partial charge in [-0.2, -0.15) is 0 Å². The Labute approximate surface area is 96.9 Å². The van der Waals surface area contributed by atoms with Crippen LogP contribution in [0.5, 0.6) is 0 Å². The second-order valence-corrected chi connectivity index (χ2v) is 5.28. The third-order valence-corrected chi connectivity index (χ3v) is 2.15. The summed E-state index contributed by atoms with van der Waals surface area (Å²) in [5, 5.41) is 12.9. The van der Waals surface area contributed by atoms with E-state index in [1.165, 1.54) is 0 Å². The maximum Gasteiger partial charge on any atom is 0.126 e. The molecule has 0 saturated carbocycles. The Balaban J connectivity index is 2.37. The average molecular weight is 223 g/mol. The number of nitrogen functional groups attached to an aromatic ring is 1. The predicted octanol–water partition coefficient (Wildman–Crippen LogP) is 1.87. The van der Waals surface area contributed by atoms with Crippen LogP contribution in [0.1, 0.15) is 27.2 Å². The van der Waals surface area contributed by atoms with Gasteiger partial charge in [0.2, 0.25) is 0 Å². The molecule has 0 saturated heterocycles. The highest BCUT2D eigenvalue weighted by atomic mass is 16.3. The van der Waals surface area contributed by atoms with Crippen LogP contribution in [-0.4, -0.2) is 22.7 Å². The summed E-state index contributed by atoms with van der Waals surface area (Å²) in [6, 6.07) is 3.59. The van der Waals surface area contributed by atoms with Gasteiger partial charge in [0, 0.05) is 6.54 Å². The van der Waals surface area contributed by atoms with Gasteiger partial charge in [0.15, 0.2) is 0 Å². The van der Waals surface area contributed by atoms with Crippen molar-refractivity contribution >= 4 is 11.5 Å². The highest BCUT2D eigenvalue weighted by Gasteiger charge is 2.16. The van der Waals surface area contributed by atoms with E-state index in [-0.39, 0.29) is 11.5 Å². The van der Waals surface area contributed by atoms with Crippen molar-refractivity contribution < 1.29 is 5.11 Å². The van der Waals surface area contributed by atoms with Crippen LogP contribution in [-0.2, 0) is 0 Å². The molecule has 1 aromatic heterocycles.